The van der Waals surface area contributed by atoms with Crippen molar-refractivity contribution < 1.29 is 4.79 Å². The largest absolute Gasteiger partial charge is 0.348 e. The van der Waals surface area contributed by atoms with E-state index < -0.39 is 0 Å². The lowest BCUT2D eigenvalue weighted by atomic mass is 10.0. The Labute approximate surface area is 116 Å². The molecule has 1 aromatic rings. The second kappa shape index (κ2) is 6.34. The highest BCUT2D eigenvalue weighted by Crippen LogP contribution is 2.18. The Morgan fingerprint density at radius 1 is 1.50 bits per heavy atom. The van der Waals surface area contributed by atoms with Crippen molar-refractivity contribution in [2.24, 2.45) is 0 Å². The second-order valence-corrected chi connectivity index (χ2v) is 5.70. The van der Waals surface area contributed by atoms with E-state index in [2.05, 4.69) is 26.6 Å². The smallest absolute Gasteiger partial charge is 0.237 e. The summed E-state index contributed by atoms with van der Waals surface area (Å²) in [4.78, 5) is 12.1. The lowest BCUT2D eigenvalue weighted by Crippen LogP contribution is -2.47. The van der Waals surface area contributed by atoms with E-state index in [-0.39, 0.29) is 18.0 Å². The molecule has 0 unspecified atom stereocenters. The number of carbonyl (C=O) groups is 1. The first kappa shape index (κ1) is 13.6. The Bertz CT molecular complexity index is 416. The van der Waals surface area contributed by atoms with Crippen LogP contribution in [0.4, 0.5) is 0 Å². The van der Waals surface area contributed by atoms with E-state index >= 15 is 0 Å². The summed E-state index contributed by atoms with van der Waals surface area (Å²) < 4.78 is 1.04. The van der Waals surface area contributed by atoms with Crippen molar-refractivity contribution >= 4 is 21.8 Å². The fourth-order valence-electron chi connectivity index (χ4n) is 2.25. The minimum absolute atomic E-state index is 0.0200. The summed E-state index contributed by atoms with van der Waals surface area (Å²) in [6, 6.07) is 8.07. The molecule has 1 heterocycles. The third kappa shape index (κ3) is 3.56. The number of piperidine rings is 1. The van der Waals surface area contributed by atoms with Gasteiger partial charge >= 0.3 is 0 Å². The van der Waals surface area contributed by atoms with Crippen LogP contribution >= 0.6 is 15.9 Å². The molecule has 3 nitrogen and oxygen atoms in total. The molecule has 1 amide bonds. The fraction of sp³-hybridized carbons (Fsp3) is 0.500. The van der Waals surface area contributed by atoms with Crippen molar-refractivity contribution in [2.75, 3.05) is 6.54 Å². The first-order chi connectivity index (χ1) is 8.66. The van der Waals surface area contributed by atoms with Crippen LogP contribution in [0.3, 0.4) is 0 Å². The monoisotopic (exact) mass is 310 g/mol. The molecule has 1 fully saturated rings. The van der Waals surface area contributed by atoms with Crippen LogP contribution in [0.25, 0.3) is 0 Å². The molecule has 1 saturated heterocycles. The van der Waals surface area contributed by atoms with Crippen LogP contribution in [0.15, 0.2) is 28.7 Å². The highest BCUT2D eigenvalue weighted by atomic mass is 79.9. The molecule has 1 aromatic carbocycles. The summed E-state index contributed by atoms with van der Waals surface area (Å²) in [5.74, 6) is 0.113. The van der Waals surface area contributed by atoms with E-state index in [0.29, 0.717) is 0 Å². The molecule has 0 aromatic heterocycles. The van der Waals surface area contributed by atoms with Crippen molar-refractivity contribution in [1.29, 1.82) is 0 Å². The minimum Gasteiger partial charge on any atom is -0.348 e. The molecule has 2 rings (SSSR count). The molecule has 2 N–H and O–H groups in total. The Balaban J connectivity index is 1.94. The first-order valence-electron chi connectivity index (χ1n) is 6.46. The third-order valence-corrected chi connectivity index (χ3v) is 3.83. The number of halogens is 1. The maximum Gasteiger partial charge on any atom is 0.237 e. The average Bonchev–Trinajstić information content (AvgIpc) is 2.39. The Morgan fingerprint density at radius 2 is 2.33 bits per heavy atom. The maximum absolute atomic E-state index is 12.1. The van der Waals surface area contributed by atoms with Gasteiger partial charge in [0.15, 0.2) is 0 Å². The summed E-state index contributed by atoms with van der Waals surface area (Å²) in [6.07, 6.45) is 3.25. The zero-order chi connectivity index (χ0) is 13.0. The van der Waals surface area contributed by atoms with E-state index in [1.54, 1.807) is 0 Å². The SMILES string of the molecule is C[C@@H](NC(=O)[C@H]1CCCCN1)c1cccc(Br)c1. The zero-order valence-electron chi connectivity index (χ0n) is 10.6. The van der Waals surface area contributed by atoms with Gasteiger partial charge < -0.3 is 10.6 Å². The predicted octanol–water partition coefficient (Wildman–Crippen LogP) is 2.77. The van der Waals surface area contributed by atoms with E-state index in [1.165, 1.54) is 6.42 Å². The van der Waals surface area contributed by atoms with Gasteiger partial charge in [0.05, 0.1) is 12.1 Å². The van der Waals surface area contributed by atoms with Gasteiger partial charge in [0.25, 0.3) is 0 Å². The predicted molar refractivity (Wildman–Crippen MR) is 76.3 cm³/mol. The van der Waals surface area contributed by atoms with Crippen LogP contribution in [-0.2, 0) is 4.79 Å². The molecule has 2 atom stereocenters. The van der Waals surface area contributed by atoms with Gasteiger partial charge in [0.2, 0.25) is 5.91 Å². The molecule has 18 heavy (non-hydrogen) atoms. The summed E-state index contributed by atoms with van der Waals surface area (Å²) >= 11 is 3.45. The van der Waals surface area contributed by atoms with E-state index in [1.807, 2.05) is 31.2 Å². The van der Waals surface area contributed by atoms with Crippen LogP contribution in [0.5, 0.6) is 0 Å². The highest BCUT2D eigenvalue weighted by Gasteiger charge is 2.21. The van der Waals surface area contributed by atoms with Gasteiger partial charge in [-0.3, -0.25) is 4.79 Å². The number of amides is 1. The number of nitrogens with one attached hydrogen (secondary N) is 2. The summed E-state index contributed by atoms with van der Waals surface area (Å²) in [6.45, 7) is 2.96. The molecule has 98 valence electrons. The Morgan fingerprint density at radius 3 is 3.00 bits per heavy atom. The maximum atomic E-state index is 12.1. The molecule has 1 aliphatic heterocycles. The number of hydrogen-bond acceptors (Lipinski definition) is 2. The van der Waals surface area contributed by atoms with Crippen LogP contribution in [0.1, 0.15) is 37.8 Å². The lowest BCUT2D eigenvalue weighted by Gasteiger charge is -2.24. The van der Waals surface area contributed by atoms with Crippen LogP contribution < -0.4 is 10.6 Å². The second-order valence-electron chi connectivity index (χ2n) is 4.79. The van der Waals surface area contributed by atoms with Gasteiger partial charge in [0, 0.05) is 4.47 Å². The van der Waals surface area contributed by atoms with E-state index in [0.717, 1.165) is 29.4 Å². The summed E-state index contributed by atoms with van der Waals surface area (Å²) in [5, 5.41) is 6.34. The first-order valence-corrected chi connectivity index (χ1v) is 7.25. The Hall–Kier alpha value is -0.870. The van der Waals surface area contributed by atoms with Gasteiger partial charge in [0.1, 0.15) is 0 Å². The normalized spacial score (nSPS) is 21.3. The van der Waals surface area contributed by atoms with Gasteiger partial charge in [-0.1, -0.05) is 34.5 Å². The molecule has 0 saturated carbocycles. The van der Waals surface area contributed by atoms with Crippen LogP contribution in [0.2, 0.25) is 0 Å². The number of hydrogen-bond donors (Lipinski definition) is 2. The van der Waals surface area contributed by atoms with E-state index in [4.69, 9.17) is 0 Å². The van der Waals surface area contributed by atoms with Crippen molar-refractivity contribution in [1.82, 2.24) is 10.6 Å². The third-order valence-electron chi connectivity index (χ3n) is 3.33. The zero-order valence-corrected chi connectivity index (χ0v) is 12.2. The number of benzene rings is 1. The Kier molecular flexibility index (Phi) is 4.78. The molecule has 0 radical (unpaired) electrons. The molecule has 4 heteroatoms. The van der Waals surface area contributed by atoms with Crippen molar-refractivity contribution in [2.45, 2.75) is 38.3 Å². The minimum atomic E-state index is -0.0200. The summed E-state index contributed by atoms with van der Waals surface area (Å²) in [5.41, 5.74) is 1.12. The standard InChI is InChI=1S/C14H19BrN2O/c1-10(11-5-4-6-12(15)9-11)17-14(18)13-7-2-3-8-16-13/h4-6,9-10,13,16H,2-3,7-8H2,1H3,(H,17,18)/t10-,13-/m1/s1. The molecule has 1 aliphatic rings. The number of carbonyl (C=O) groups excluding carboxylic acids is 1. The topological polar surface area (TPSA) is 41.1 Å². The summed E-state index contributed by atoms with van der Waals surface area (Å²) in [7, 11) is 0. The van der Waals surface area contributed by atoms with Gasteiger partial charge in [-0.05, 0) is 44.0 Å². The number of rotatable bonds is 3. The lowest BCUT2D eigenvalue weighted by molar-refractivity contribution is -0.124. The van der Waals surface area contributed by atoms with E-state index in [9.17, 15) is 4.79 Å². The van der Waals surface area contributed by atoms with Crippen LogP contribution in [0, 0.1) is 0 Å². The van der Waals surface area contributed by atoms with Crippen molar-refractivity contribution in [3.05, 3.63) is 34.3 Å². The van der Waals surface area contributed by atoms with Gasteiger partial charge in [-0.15, -0.1) is 0 Å². The average molecular weight is 311 g/mol. The molecule has 0 aliphatic carbocycles. The van der Waals surface area contributed by atoms with Crippen molar-refractivity contribution in [3.63, 3.8) is 0 Å². The molecule has 0 spiro atoms. The van der Waals surface area contributed by atoms with Crippen molar-refractivity contribution in [3.8, 4) is 0 Å². The quantitative estimate of drug-likeness (QED) is 0.901. The fourth-order valence-corrected chi connectivity index (χ4v) is 2.67. The molecule has 0 bridgehead atoms. The highest BCUT2D eigenvalue weighted by molar-refractivity contribution is 9.10. The molecular weight excluding hydrogens is 292 g/mol. The van der Waals surface area contributed by atoms with Crippen LogP contribution in [-0.4, -0.2) is 18.5 Å². The van der Waals surface area contributed by atoms with Gasteiger partial charge in [-0.25, -0.2) is 0 Å². The molecular formula is C14H19BrN2O. The van der Waals surface area contributed by atoms with Gasteiger partial charge in [-0.2, -0.15) is 0 Å².